The normalized spacial score (nSPS) is 13.9. The molecule has 0 aliphatic carbocycles. The molecule has 8 heteroatoms. The average molecular weight is 428 g/mol. The second kappa shape index (κ2) is 8.57. The van der Waals surface area contributed by atoms with Crippen LogP contribution in [0.1, 0.15) is 18.6 Å². The summed E-state index contributed by atoms with van der Waals surface area (Å²) in [4.78, 5) is 12.2. The Morgan fingerprint density at radius 2 is 1.76 bits per heavy atom. The van der Waals surface area contributed by atoms with Gasteiger partial charge in [0.1, 0.15) is 12.1 Å². The van der Waals surface area contributed by atoms with Crippen LogP contribution in [0.25, 0.3) is 0 Å². The molecule has 0 amide bonds. The molecule has 2 rings (SSSR count). The van der Waals surface area contributed by atoms with Crippen LogP contribution in [0.4, 0.5) is 0 Å². The SMILES string of the molecule is CCOC(=O)[C@@H](NS(=O)(=O)c1ccc(Br)cc1)[C@H](O)c1ccccc1. The van der Waals surface area contributed by atoms with Crippen LogP contribution in [0.2, 0.25) is 0 Å². The van der Waals surface area contributed by atoms with Gasteiger partial charge in [-0.05, 0) is 36.8 Å². The van der Waals surface area contributed by atoms with E-state index in [1.54, 1.807) is 49.4 Å². The molecule has 134 valence electrons. The van der Waals surface area contributed by atoms with Crippen LogP contribution >= 0.6 is 15.9 Å². The fraction of sp³-hybridized carbons (Fsp3) is 0.235. The van der Waals surface area contributed by atoms with Crippen molar-refractivity contribution in [1.29, 1.82) is 0 Å². The van der Waals surface area contributed by atoms with Crippen LogP contribution in [0.3, 0.4) is 0 Å². The van der Waals surface area contributed by atoms with Crippen molar-refractivity contribution in [3.05, 3.63) is 64.6 Å². The standard InChI is InChI=1S/C17H18BrNO5S/c1-2-24-17(21)15(16(20)12-6-4-3-5-7-12)19-25(22,23)14-10-8-13(18)9-11-14/h3-11,15-16,19-20H,2H2,1H3/t15-,16+/m0/s1. The van der Waals surface area contributed by atoms with Crippen LogP contribution in [0.5, 0.6) is 0 Å². The number of esters is 1. The Hall–Kier alpha value is -1.74. The van der Waals surface area contributed by atoms with Gasteiger partial charge in [0.15, 0.2) is 0 Å². The minimum Gasteiger partial charge on any atom is -0.465 e. The van der Waals surface area contributed by atoms with E-state index >= 15 is 0 Å². The zero-order valence-electron chi connectivity index (χ0n) is 13.4. The van der Waals surface area contributed by atoms with E-state index in [0.717, 1.165) is 4.47 Å². The third-order valence-corrected chi connectivity index (χ3v) is 5.39. The zero-order chi connectivity index (χ0) is 18.4. The highest BCUT2D eigenvalue weighted by atomic mass is 79.9. The third-order valence-electron chi connectivity index (χ3n) is 3.40. The number of nitrogens with one attached hydrogen (secondary N) is 1. The smallest absolute Gasteiger partial charge is 0.327 e. The molecule has 6 nitrogen and oxygen atoms in total. The van der Waals surface area contributed by atoms with Crippen molar-refractivity contribution in [2.24, 2.45) is 0 Å². The maximum atomic E-state index is 12.6. The summed E-state index contributed by atoms with van der Waals surface area (Å²) in [5, 5.41) is 10.5. The molecule has 2 atom stereocenters. The summed E-state index contributed by atoms with van der Waals surface area (Å²) in [5.74, 6) is -0.848. The van der Waals surface area contributed by atoms with E-state index in [1.165, 1.54) is 12.1 Å². The third kappa shape index (κ3) is 5.12. The highest BCUT2D eigenvalue weighted by Gasteiger charge is 2.33. The van der Waals surface area contributed by atoms with Gasteiger partial charge in [-0.2, -0.15) is 4.72 Å². The fourth-order valence-electron chi connectivity index (χ4n) is 2.17. The van der Waals surface area contributed by atoms with Gasteiger partial charge in [-0.25, -0.2) is 8.42 Å². The van der Waals surface area contributed by atoms with Gasteiger partial charge in [0.2, 0.25) is 10.0 Å². The number of rotatable bonds is 7. The molecule has 25 heavy (non-hydrogen) atoms. The summed E-state index contributed by atoms with van der Waals surface area (Å²) in [6.45, 7) is 1.67. The number of sulfonamides is 1. The largest absolute Gasteiger partial charge is 0.465 e. The highest BCUT2D eigenvalue weighted by Crippen LogP contribution is 2.21. The lowest BCUT2D eigenvalue weighted by Crippen LogP contribution is -2.45. The Morgan fingerprint density at radius 3 is 2.32 bits per heavy atom. The number of aliphatic hydroxyl groups excluding tert-OH is 1. The van der Waals surface area contributed by atoms with Gasteiger partial charge in [0.25, 0.3) is 0 Å². The minimum absolute atomic E-state index is 0.0229. The van der Waals surface area contributed by atoms with Crippen molar-refractivity contribution in [2.45, 2.75) is 24.0 Å². The van der Waals surface area contributed by atoms with Crippen LogP contribution in [0.15, 0.2) is 64.0 Å². The molecule has 2 N–H and O–H groups in total. The van der Waals surface area contributed by atoms with Gasteiger partial charge in [-0.1, -0.05) is 46.3 Å². The van der Waals surface area contributed by atoms with Crippen LogP contribution in [0, 0.1) is 0 Å². The number of hydrogen-bond donors (Lipinski definition) is 2. The first kappa shape index (κ1) is 19.6. The number of aliphatic hydroxyl groups is 1. The van der Waals surface area contributed by atoms with E-state index in [4.69, 9.17) is 4.74 Å². The molecule has 0 aliphatic heterocycles. The van der Waals surface area contributed by atoms with Gasteiger partial charge < -0.3 is 9.84 Å². The number of ether oxygens (including phenoxy) is 1. The molecule has 0 fully saturated rings. The van der Waals surface area contributed by atoms with Crippen molar-refractivity contribution in [1.82, 2.24) is 4.72 Å². The number of halogens is 1. The summed E-state index contributed by atoms with van der Waals surface area (Å²) in [7, 11) is -4.02. The first-order valence-electron chi connectivity index (χ1n) is 7.52. The summed E-state index contributed by atoms with van der Waals surface area (Å²) in [6.07, 6.45) is -1.38. The molecule has 2 aromatic rings. The Morgan fingerprint density at radius 1 is 1.16 bits per heavy atom. The number of hydrogen-bond acceptors (Lipinski definition) is 5. The summed E-state index contributed by atoms with van der Waals surface area (Å²) in [6, 6.07) is 12.8. The van der Waals surface area contributed by atoms with E-state index in [1.807, 2.05) is 0 Å². The van der Waals surface area contributed by atoms with Gasteiger partial charge in [-0.15, -0.1) is 0 Å². The molecule has 0 spiro atoms. The predicted octanol–water partition coefficient (Wildman–Crippen LogP) is 2.39. The molecule has 0 saturated heterocycles. The van der Waals surface area contributed by atoms with Crippen molar-refractivity contribution in [3.63, 3.8) is 0 Å². The van der Waals surface area contributed by atoms with Crippen molar-refractivity contribution >= 4 is 31.9 Å². The van der Waals surface area contributed by atoms with Crippen molar-refractivity contribution < 1.29 is 23.1 Å². The van der Waals surface area contributed by atoms with Gasteiger partial charge >= 0.3 is 5.97 Å². The van der Waals surface area contributed by atoms with Crippen LogP contribution in [-0.4, -0.2) is 32.1 Å². The average Bonchev–Trinajstić information content (AvgIpc) is 2.60. The Labute approximate surface area is 155 Å². The molecule has 0 radical (unpaired) electrons. The van der Waals surface area contributed by atoms with Gasteiger partial charge in [0, 0.05) is 4.47 Å². The van der Waals surface area contributed by atoms with Crippen molar-refractivity contribution in [2.75, 3.05) is 6.61 Å². The van der Waals surface area contributed by atoms with E-state index in [2.05, 4.69) is 20.7 Å². The first-order chi connectivity index (χ1) is 11.8. The van der Waals surface area contributed by atoms with E-state index in [9.17, 15) is 18.3 Å². The summed E-state index contributed by atoms with van der Waals surface area (Å²) < 4.78 is 33.0. The Bertz CT molecular complexity index is 809. The molecular formula is C17H18BrNO5S. The molecule has 0 saturated carbocycles. The molecule has 0 aromatic heterocycles. The number of benzene rings is 2. The quantitative estimate of drug-likeness (QED) is 0.661. The predicted molar refractivity (Wildman–Crippen MR) is 96.3 cm³/mol. The second-order valence-corrected chi connectivity index (χ2v) is 7.79. The fourth-order valence-corrected chi connectivity index (χ4v) is 3.62. The van der Waals surface area contributed by atoms with Crippen LogP contribution < -0.4 is 4.72 Å². The monoisotopic (exact) mass is 427 g/mol. The van der Waals surface area contributed by atoms with E-state index in [-0.39, 0.29) is 11.5 Å². The van der Waals surface area contributed by atoms with Gasteiger partial charge in [-0.3, -0.25) is 4.79 Å². The molecule has 2 aromatic carbocycles. The van der Waals surface area contributed by atoms with Crippen molar-refractivity contribution in [3.8, 4) is 0 Å². The lowest BCUT2D eigenvalue weighted by Gasteiger charge is -2.22. The van der Waals surface area contributed by atoms with Gasteiger partial charge in [0.05, 0.1) is 11.5 Å². The maximum absolute atomic E-state index is 12.6. The highest BCUT2D eigenvalue weighted by molar-refractivity contribution is 9.10. The Balaban J connectivity index is 2.32. The lowest BCUT2D eigenvalue weighted by atomic mass is 10.0. The minimum atomic E-state index is -4.02. The molecular weight excluding hydrogens is 410 g/mol. The number of carbonyl (C=O) groups excluding carboxylic acids is 1. The van der Waals surface area contributed by atoms with E-state index in [0.29, 0.717) is 5.56 Å². The molecule has 0 aliphatic rings. The Kier molecular flexibility index (Phi) is 6.71. The summed E-state index contributed by atoms with van der Waals surface area (Å²) in [5.41, 5.74) is 0.402. The van der Waals surface area contributed by atoms with E-state index < -0.39 is 28.1 Å². The van der Waals surface area contributed by atoms with Crippen LogP contribution in [-0.2, 0) is 19.6 Å². The summed E-state index contributed by atoms with van der Waals surface area (Å²) >= 11 is 3.23. The molecule has 0 heterocycles. The zero-order valence-corrected chi connectivity index (χ0v) is 15.8. The molecule has 0 bridgehead atoms. The second-order valence-electron chi connectivity index (χ2n) is 5.16. The first-order valence-corrected chi connectivity index (χ1v) is 9.80. The lowest BCUT2D eigenvalue weighted by molar-refractivity contribution is -0.148. The molecule has 0 unspecified atom stereocenters. The topological polar surface area (TPSA) is 92.7 Å². The maximum Gasteiger partial charge on any atom is 0.327 e. The number of carbonyl (C=O) groups is 1.